The molecule has 5 rings (SSSR count). The van der Waals surface area contributed by atoms with E-state index in [4.69, 9.17) is 0 Å². The highest BCUT2D eigenvalue weighted by Crippen LogP contribution is 2.38. The SMILES string of the molecule is OC[C@H]1C[C@@H](n2cnc3c(N(c4ccc(Br)cn4)[C@H]4CCNC4)ncnc32)[C@@H](O)[C@H]1O. The van der Waals surface area contributed by atoms with Gasteiger partial charge in [0.25, 0.3) is 0 Å². The summed E-state index contributed by atoms with van der Waals surface area (Å²) in [6.07, 6.45) is 4.27. The second-order valence-corrected chi connectivity index (χ2v) is 9.02. The summed E-state index contributed by atoms with van der Waals surface area (Å²) in [5, 5.41) is 33.7. The molecule has 2 fully saturated rings. The Kier molecular flexibility index (Phi) is 5.61. The van der Waals surface area contributed by atoms with Crippen molar-refractivity contribution in [2.45, 2.75) is 37.1 Å². The number of imidazole rings is 1. The van der Waals surface area contributed by atoms with Crippen molar-refractivity contribution < 1.29 is 15.3 Å². The Labute approximate surface area is 187 Å². The van der Waals surface area contributed by atoms with Crippen LogP contribution < -0.4 is 10.2 Å². The van der Waals surface area contributed by atoms with Crippen molar-refractivity contribution in [2.24, 2.45) is 5.92 Å². The predicted molar refractivity (Wildman–Crippen MR) is 117 cm³/mol. The highest BCUT2D eigenvalue weighted by Gasteiger charge is 2.43. The molecule has 1 saturated heterocycles. The van der Waals surface area contributed by atoms with Gasteiger partial charge in [-0.15, -0.1) is 0 Å². The van der Waals surface area contributed by atoms with Crippen LogP contribution in [0.1, 0.15) is 18.9 Å². The van der Waals surface area contributed by atoms with E-state index < -0.39 is 18.2 Å². The molecule has 1 aliphatic carbocycles. The number of anilines is 2. The smallest absolute Gasteiger partial charge is 0.166 e. The summed E-state index contributed by atoms with van der Waals surface area (Å²) in [7, 11) is 0. The summed E-state index contributed by atoms with van der Waals surface area (Å²) in [6, 6.07) is 3.62. The van der Waals surface area contributed by atoms with Crippen molar-refractivity contribution in [3.05, 3.63) is 35.5 Å². The number of fused-ring (bicyclic) bond motifs is 1. The molecule has 0 radical (unpaired) electrons. The minimum absolute atomic E-state index is 0.162. The molecule has 0 spiro atoms. The number of aromatic nitrogens is 5. The van der Waals surface area contributed by atoms with Gasteiger partial charge in [-0.25, -0.2) is 19.9 Å². The number of rotatable bonds is 5. The molecule has 0 bridgehead atoms. The molecule has 10 nitrogen and oxygen atoms in total. The van der Waals surface area contributed by atoms with Gasteiger partial charge >= 0.3 is 0 Å². The normalized spacial score (nSPS) is 28.5. The monoisotopic (exact) mass is 489 g/mol. The molecule has 1 saturated carbocycles. The van der Waals surface area contributed by atoms with Crippen molar-refractivity contribution in [3.8, 4) is 0 Å². The molecule has 3 aromatic heterocycles. The molecule has 1 aliphatic heterocycles. The van der Waals surface area contributed by atoms with E-state index in [9.17, 15) is 15.3 Å². The summed E-state index contributed by atoms with van der Waals surface area (Å²) in [6.45, 7) is 1.53. The molecule has 0 unspecified atom stereocenters. The Balaban J connectivity index is 1.59. The van der Waals surface area contributed by atoms with Crippen LogP contribution in [-0.4, -0.2) is 77.8 Å². The molecule has 164 valence electrons. The number of aliphatic hydroxyl groups excluding tert-OH is 3. The van der Waals surface area contributed by atoms with Crippen molar-refractivity contribution in [1.82, 2.24) is 29.8 Å². The number of aliphatic hydroxyl groups is 3. The Morgan fingerprint density at radius 3 is 2.71 bits per heavy atom. The first kappa shape index (κ1) is 20.7. The van der Waals surface area contributed by atoms with Gasteiger partial charge in [0, 0.05) is 29.7 Å². The average Bonchev–Trinajstić information content (AvgIpc) is 3.51. The lowest BCUT2D eigenvalue weighted by Gasteiger charge is -2.28. The first-order valence-corrected chi connectivity index (χ1v) is 11.1. The molecule has 0 aromatic carbocycles. The number of hydrogen-bond acceptors (Lipinski definition) is 9. The molecule has 4 heterocycles. The fraction of sp³-hybridized carbons (Fsp3) is 0.500. The van der Waals surface area contributed by atoms with Gasteiger partial charge in [0.2, 0.25) is 0 Å². The summed E-state index contributed by atoms with van der Waals surface area (Å²) >= 11 is 3.44. The highest BCUT2D eigenvalue weighted by molar-refractivity contribution is 9.10. The Morgan fingerprint density at radius 1 is 1.16 bits per heavy atom. The summed E-state index contributed by atoms with van der Waals surface area (Å²) in [5.74, 6) is 1.04. The second-order valence-electron chi connectivity index (χ2n) is 8.10. The number of halogens is 1. The van der Waals surface area contributed by atoms with E-state index in [1.807, 2.05) is 12.1 Å². The van der Waals surface area contributed by atoms with Gasteiger partial charge in [0.05, 0.1) is 24.5 Å². The maximum Gasteiger partial charge on any atom is 0.166 e. The van der Waals surface area contributed by atoms with Gasteiger partial charge in [0.1, 0.15) is 18.2 Å². The number of pyridine rings is 1. The lowest BCUT2D eigenvalue weighted by molar-refractivity contribution is -0.00370. The number of nitrogens with zero attached hydrogens (tertiary/aromatic N) is 6. The third-order valence-electron chi connectivity index (χ3n) is 6.29. The van der Waals surface area contributed by atoms with Crippen LogP contribution in [0.2, 0.25) is 0 Å². The maximum atomic E-state index is 10.6. The topological polar surface area (TPSA) is 132 Å². The fourth-order valence-corrected chi connectivity index (χ4v) is 4.89. The van der Waals surface area contributed by atoms with Crippen LogP contribution in [0.3, 0.4) is 0 Å². The van der Waals surface area contributed by atoms with Gasteiger partial charge in [0.15, 0.2) is 17.0 Å². The molecule has 3 aromatic rings. The van der Waals surface area contributed by atoms with Gasteiger partial charge in [-0.1, -0.05) is 0 Å². The minimum Gasteiger partial charge on any atom is -0.396 e. The first-order valence-electron chi connectivity index (χ1n) is 10.3. The second kappa shape index (κ2) is 8.40. The quantitative estimate of drug-likeness (QED) is 0.409. The van der Waals surface area contributed by atoms with E-state index in [2.05, 4.69) is 46.1 Å². The summed E-state index contributed by atoms with van der Waals surface area (Å²) in [4.78, 5) is 20.3. The van der Waals surface area contributed by atoms with Crippen LogP contribution in [0.4, 0.5) is 11.6 Å². The lowest BCUT2D eigenvalue weighted by Crippen LogP contribution is -2.34. The molecule has 2 aliphatic rings. The zero-order chi connectivity index (χ0) is 21.5. The molecule has 31 heavy (non-hydrogen) atoms. The Bertz CT molecular complexity index is 1060. The van der Waals surface area contributed by atoms with Gasteiger partial charge in [-0.3, -0.25) is 0 Å². The largest absolute Gasteiger partial charge is 0.396 e. The van der Waals surface area contributed by atoms with Crippen molar-refractivity contribution in [2.75, 3.05) is 24.6 Å². The van der Waals surface area contributed by atoms with E-state index in [0.717, 1.165) is 29.8 Å². The molecule has 11 heteroatoms. The van der Waals surface area contributed by atoms with Crippen LogP contribution >= 0.6 is 15.9 Å². The average molecular weight is 490 g/mol. The van der Waals surface area contributed by atoms with E-state index in [0.29, 0.717) is 23.4 Å². The third-order valence-corrected chi connectivity index (χ3v) is 6.76. The number of hydrogen-bond donors (Lipinski definition) is 4. The van der Waals surface area contributed by atoms with E-state index in [-0.39, 0.29) is 18.6 Å². The zero-order valence-electron chi connectivity index (χ0n) is 16.7. The summed E-state index contributed by atoms with van der Waals surface area (Å²) in [5.41, 5.74) is 1.18. The first-order chi connectivity index (χ1) is 15.1. The van der Waals surface area contributed by atoms with Gasteiger partial charge in [-0.2, -0.15) is 0 Å². The molecular formula is C20H24BrN7O3. The Morgan fingerprint density at radius 2 is 2.03 bits per heavy atom. The maximum absolute atomic E-state index is 10.6. The predicted octanol–water partition coefficient (Wildman–Crippen LogP) is 0.759. The fourth-order valence-electron chi connectivity index (χ4n) is 4.65. The van der Waals surface area contributed by atoms with Crippen molar-refractivity contribution in [1.29, 1.82) is 0 Å². The molecule has 0 amide bonds. The standard InChI is InChI=1S/C20H24BrN7O3/c21-12-1-2-15(23-6-12)28(13-3-4-22-7-13)20-16-19(24-9-25-20)27(10-26-16)14-5-11(8-29)17(30)18(14)31/h1-2,6,9-11,13-14,17-18,22,29-31H,3-5,7-8H2/t11-,13+,14-,17+,18-/m1/s1. The van der Waals surface area contributed by atoms with Crippen molar-refractivity contribution in [3.63, 3.8) is 0 Å². The van der Waals surface area contributed by atoms with Gasteiger partial charge < -0.3 is 30.1 Å². The van der Waals surface area contributed by atoms with E-state index in [1.54, 1.807) is 17.1 Å². The van der Waals surface area contributed by atoms with Crippen LogP contribution in [-0.2, 0) is 0 Å². The van der Waals surface area contributed by atoms with E-state index in [1.165, 1.54) is 6.33 Å². The third kappa shape index (κ3) is 3.60. The Hall–Kier alpha value is -2.18. The van der Waals surface area contributed by atoms with Crippen LogP contribution in [0.15, 0.2) is 35.5 Å². The minimum atomic E-state index is -1.00. The van der Waals surface area contributed by atoms with Crippen LogP contribution in [0.25, 0.3) is 11.2 Å². The van der Waals surface area contributed by atoms with Crippen LogP contribution in [0, 0.1) is 5.92 Å². The molecular weight excluding hydrogens is 466 g/mol. The number of nitrogens with one attached hydrogen (secondary N) is 1. The van der Waals surface area contributed by atoms with Crippen LogP contribution in [0.5, 0.6) is 0 Å². The van der Waals surface area contributed by atoms with E-state index >= 15 is 0 Å². The lowest BCUT2D eigenvalue weighted by atomic mass is 10.1. The molecule has 4 N–H and O–H groups in total. The van der Waals surface area contributed by atoms with Crippen molar-refractivity contribution >= 4 is 38.7 Å². The highest BCUT2D eigenvalue weighted by atomic mass is 79.9. The van der Waals surface area contributed by atoms with Gasteiger partial charge in [-0.05, 0) is 47.4 Å². The zero-order valence-corrected chi connectivity index (χ0v) is 18.3. The summed E-state index contributed by atoms with van der Waals surface area (Å²) < 4.78 is 2.68. The molecule has 5 atom stereocenters.